The fourth-order valence-corrected chi connectivity index (χ4v) is 1.48. The SMILES string of the molecule is Cc1c(CC#N)ncc(CCl)c1OC(F)(F)F. The smallest absolute Gasteiger partial charge is 0.405 e. The van der Waals surface area contributed by atoms with Crippen molar-refractivity contribution in [2.24, 2.45) is 0 Å². The Morgan fingerprint density at radius 2 is 2.18 bits per heavy atom. The predicted molar refractivity (Wildman–Crippen MR) is 54.5 cm³/mol. The summed E-state index contributed by atoms with van der Waals surface area (Å²) in [5.41, 5.74) is 0.575. The van der Waals surface area contributed by atoms with Crippen molar-refractivity contribution in [3.05, 3.63) is 23.0 Å². The van der Waals surface area contributed by atoms with Crippen LogP contribution in [0.2, 0.25) is 0 Å². The summed E-state index contributed by atoms with van der Waals surface area (Å²) < 4.78 is 40.5. The number of nitriles is 1. The van der Waals surface area contributed by atoms with Crippen molar-refractivity contribution in [3.8, 4) is 11.8 Å². The number of nitrogens with zero attached hydrogens (tertiary/aromatic N) is 2. The Morgan fingerprint density at radius 3 is 2.65 bits per heavy atom. The van der Waals surface area contributed by atoms with Crippen LogP contribution in [0, 0.1) is 18.3 Å². The number of hydrogen-bond donors (Lipinski definition) is 0. The third-order valence-electron chi connectivity index (χ3n) is 2.05. The second-order valence-electron chi connectivity index (χ2n) is 3.20. The Hall–Kier alpha value is -1.48. The Bertz CT molecular complexity index is 454. The zero-order valence-electron chi connectivity index (χ0n) is 8.81. The maximum absolute atomic E-state index is 12.2. The first-order chi connectivity index (χ1) is 7.89. The van der Waals surface area contributed by atoms with E-state index in [9.17, 15) is 13.2 Å². The molecule has 0 aliphatic carbocycles. The fraction of sp³-hybridized carbons (Fsp3) is 0.400. The van der Waals surface area contributed by atoms with Gasteiger partial charge >= 0.3 is 6.36 Å². The fourth-order valence-electron chi connectivity index (χ4n) is 1.29. The van der Waals surface area contributed by atoms with E-state index in [0.717, 1.165) is 0 Å². The molecule has 0 spiro atoms. The first kappa shape index (κ1) is 13.6. The van der Waals surface area contributed by atoms with E-state index in [1.54, 1.807) is 0 Å². The summed E-state index contributed by atoms with van der Waals surface area (Å²) in [5, 5.41) is 8.51. The Labute approximate surface area is 101 Å². The normalized spacial score (nSPS) is 11.1. The van der Waals surface area contributed by atoms with Gasteiger partial charge in [0.05, 0.1) is 24.1 Å². The lowest BCUT2D eigenvalue weighted by Gasteiger charge is -2.15. The molecule has 7 heteroatoms. The summed E-state index contributed by atoms with van der Waals surface area (Å²) in [6.45, 7) is 1.41. The molecule has 0 atom stereocenters. The number of halogens is 4. The second-order valence-corrected chi connectivity index (χ2v) is 3.47. The van der Waals surface area contributed by atoms with E-state index < -0.39 is 6.36 Å². The lowest BCUT2D eigenvalue weighted by atomic mass is 10.1. The highest BCUT2D eigenvalue weighted by Crippen LogP contribution is 2.31. The van der Waals surface area contributed by atoms with Crippen LogP contribution in [0.3, 0.4) is 0 Å². The van der Waals surface area contributed by atoms with Gasteiger partial charge in [0.2, 0.25) is 0 Å². The molecule has 0 radical (unpaired) electrons. The average Bonchev–Trinajstić information content (AvgIpc) is 2.23. The molecule has 0 fully saturated rings. The van der Waals surface area contributed by atoms with Crippen LogP contribution in [0.25, 0.3) is 0 Å². The molecule has 0 unspecified atom stereocenters. The van der Waals surface area contributed by atoms with Crippen LogP contribution in [0.5, 0.6) is 5.75 Å². The molecule has 0 aromatic carbocycles. The molecule has 1 heterocycles. The van der Waals surface area contributed by atoms with Crippen molar-refractivity contribution < 1.29 is 17.9 Å². The average molecular weight is 265 g/mol. The van der Waals surface area contributed by atoms with Crippen molar-refractivity contribution >= 4 is 11.6 Å². The van der Waals surface area contributed by atoms with E-state index in [1.807, 2.05) is 6.07 Å². The van der Waals surface area contributed by atoms with Gasteiger partial charge in [0, 0.05) is 17.3 Å². The zero-order valence-corrected chi connectivity index (χ0v) is 9.56. The maximum Gasteiger partial charge on any atom is 0.573 e. The minimum atomic E-state index is -4.79. The number of rotatable bonds is 3. The van der Waals surface area contributed by atoms with E-state index in [1.165, 1.54) is 13.1 Å². The summed E-state index contributed by atoms with van der Waals surface area (Å²) in [4.78, 5) is 3.88. The van der Waals surface area contributed by atoms with Crippen LogP contribution >= 0.6 is 11.6 Å². The summed E-state index contributed by atoms with van der Waals surface area (Å²) in [5.74, 6) is -0.515. The molecule has 0 bridgehead atoms. The molecule has 1 aromatic heterocycles. The molecule has 0 saturated carbocycles. The minimum Gasteiger partial charge on any atom is -0.405 e. The third kappa shape index (κ3) is 3.49. The zero-order chi connectivity index (χ0) is 13.1. The number of alkyl halides is 4. The van der Waals surface area contributed by atoms with E-state index in [0.29, 0.717) is 0 Å². The molecule has 1 aromatic rings. The van der Waals surface area contributed by atoms with Crippen LogP contribution in [0.15, 0.2) is 6.20 Å². The van der Waals surface area contributed by atoms with Crippen LogP contribution in [0.1, 0.15) is 16.8 Å². The molecule has 17 heavy (non-hydrogen) atoms. The van der Waals surface area contributed by atoms with Crippen molar-refractivity contribution in [1.82, 2.24) is 4.98 Å². The first-order valence-corrected chi connectivity index (χ1v) is 5.08. The van der Waals surface area contributed by atoms with E-state index in [4.69, 9.17) is 16.9 Å². The van der Waals surface area contributed by atoms with Gasteiger partial charge < -0.3 is 4.74 Å². The van der Waals surface area contributed by atoms with Gasteiger partial charge in [-0.2, -0.15) is 5.26 Å². The summed E-state index contributed by atoms with van der Waals surface area (Å²) in [7, 11) is 0. The Morgan fingerprint density at radius 1 is 1.53 bits per heavy atom. The topological polar surface area (TPSA) is 45.9 Å². The van der Waals surface area contributed by atoms with Gasteiger partial charge in [0.1, 0.15) is 5.75 Å². The van der Waals surface area contributed by atoms with Gasteiger partial charge in [-0.15, -0.1) is 24.8 Å². The number of aromatic nitrogens is 1. The van der Waals surface area contributed by atoms with Crippen molar-refractivity contribution in [3.63, 3.8) is 0 Å². The molecule has 0 aliphatic heterocycles. The monoisotopic (exact) mass is 264 g/mol. The molecular weight excluding hydrogens is 257 g/mol. The lowest BCUT2D eigenvalue weighted by Crippen LogP contribution is -2.19. The van der Waals surface area contributed by atoms with Crippen molar-refractivity contribution in [1.29, 1.82) is 5.26 Å². The second kappa shape index (κ2) is 5.23. The van der Waals surface area contributed by atoms with Crippen molar-refractivity contribution in [2.75, 3.05) is 0 Å². The highest BCUT2D eigenvalue weighted by atomic mass is 35.5. The summed E-state index contributed by atoms with van der Waals surface area (Å²) >= 11 is 5.51. The molecular formula is C10H8ClF3N2O. The van der Waals surface area contributed by atoms with Crippen LogP contribution in [-0.2, 0) is 12.3 Å². The van der Waals surface area contributed by atoms with Gasteiger partial charge in [-0.3, -0.25) is 4.98 Å². The number of hydrogen-bond acceptors (Lipinski definition) is 3. The van der Waals surface area contributed by atoms with Crippen LogP contribution in [0.4, 0.5) is 13.2 Å². The van der Waals surface area contributed by atoms with Gasteiger partial charge in [-0.1, -0.05) is 0 Å². The molecule has 1 rings (SSSR count). The van der Waals surface area contributed by atoms with Gasteiger partial charge in [0.25, 0.3) is 0 Å². The summed E-state index contributed by atoms with van der Waals surface area (Å²) in [6, 6.07) is 1.82. The molecule has 0 amide bonds. The minimum absolute atomic E-state index is 0.0807. The molecule has 0 saturated heterocycles. The standard InChI is InChI=1S/C10H8ClF3N2O/c1-6-8(2-3-15)16-5-7(4-11)9(6)17-10(12,13)14/h5H,2,4H2,1H3. The van der Waals surface area contributed by atoms with E-state index >= 15 is 0 Å². The largest absolute Gasteiger partial charge is 0.573 e. The lowest BCUT2D eigenvalue weighted by molar-refractivity contribution is -0.275. The van der Waals surface area contributed by atoms with Gasteiger partial charge in [-0.05, 0) is 6.92 Å². The predicted octanol–water partition coefficient (Wildman–Crippen LogP) is 3.09. The van der Waals surface area contributed by atoms with E-state index in [2.05, 4.69) is 9.72 Å². The van der Waals surface area contributed by atoms with Gasteiger partial charge in [-0.25, -0.2) is 0 Å². The van der Waals surface area contributed by atoms with Crippen LogP contribution < -0.4 is 4.74 Å². The maximum atomic E-state index is 12.2. The highest BCUT2D eigenvalue weighted by molar-refractivity contribution is 6.17. The number of ether oxygens (including phenoxy) is 1. The molecule has 0 N–H and O–H groups in total. The Balaban J connectivity index is 3.23. The van der Waals surface area contributed by atoms with E-state index in [-0.39, 0.29) is 34.9 Å². The summed E-state index contributed by atoms with van der Waals surface area (Å²) in [6.07, 6.45) is -3.69. The third-order valence-corrected chi connectivity index (χ3v) is 2.34. The first-order valence-electron chi connectivity index (χ1n) is 4.55. The van der Waals surface area contributed by atoms with Crippen molar-refractivity contribution in [2.45, 2.75) is 25.6 Å². The molecule has 0 aliphatic rings. The Kier molecular flexibility index (Phi) is 4.18. The number of pyridine rings is 1. The molecule has 92 valence electrons. The van der Waals surface area contributed by atoms with Gasteiger partial charge in [0.15, 0.2) is 0 Å². The highest BCUT2D eigenvalue weighted by Gasteiger charge is 2.33. The quantitative estimate of drug-likeness (QED) is 0.788. The van der Waals surface area contributed by atoms with Crippen LogP contribution in [-0.4, -0.2) is 11.3 Å². The molecule has 3 nitrogen and oxygen atoms in total.